The number of nitrogens with one attached hydrogen (secondary N) is 1. The van der Waals surface area contributed by atoms with Gasteiger partial charge in [0, 0.05) is 11.6 Å². The molecule has 0 heterocycles. The minimum Gasteiger partial charge on any atom is -0.310 e. The smallest absolute Gasteiger partial charge is 0.128 e. The van der Waals surface area contributed by atoms with Crippen molar-refractivity contribution in [1.29, 1.82) is 0 Å². The summed E-state index contributed by atoms with van der Waals surface area (Å²) < 4.78 is 27.6. The van der Waals surface area contributed by atoms with Gasteiger partial charge in [0.05, 0.1) is 0 Å². The van der Waals surface area contributed by atoms with Crippen molar-refractivity contribution in [1.82, 2.24) is 5.32 Å². The van der Waals surface area contributed by atoms with Crippen LogP contribution < -0.4 is 5.32 Å². The van der Waals surface area contributed by atoms with Crippen LogP contribution in [0, 0.1) is 24.5 Å². The fourth-order valence-electron chi connectivity index (χ4n) is 2.56. The molecule has 1 unspecified atom stereocenters. The lowest BCUT2D eigenvalue weighted by molar-refractivity contribution is 0.260. The molecule has 1 atom stereocenters. The lowest BCUT2D eigenvalue weighted by Gasteiger charge is -2.30. The summed E-state index contributed by atoms with van der Waals surface area (Å²) in [6, 6.07) is 2.60. The van der Waals surface area contributed by atoms with E-state index in [4.69, 9.17) is 0 Å². The van der Waals surface area contributed by atoms with Crippen molar-refractivity contribution in [3.8, 4) is 0 Å². The molecule has 18 heavy (non-hydrogen) atoms. The van der Waals surface area contributed by atoms with E-state index >= 15 is 0 Å². The average Bonchev–Trinajstić information content (AvgIpc) is 2.27. The molecule has 0 saturated heterocycles. The van der Waals surface area contributed by atoms with Crippen LogP contribution in [0.4, 0.5) is 8.78 Å². The molecule has 1 aromatic carbocycles. The Labute approximate surface area is 108 Å². The summed E-state index contributed by atoms with van der Waals surface area (Å²) in [7, 11) is 0. The van der Waals surface area contributed by atoms with Gasteiger partial charge in [0.1, 0.15) is 11.6 Å². The normalized spacial score (nSPS) is 17.6. The Kier molecular flexibility index (Phi) is 4.33. The number of hydrogen-bond donors (Lipinski definition) is 1. The van der Waals surface area contributed by atoms with Gasteiger partial charge in [-0.1, -0.05) is 26.2 Å². The van der Waals surface area contributed by atoms with E-state index in [-0.39, 0.29) is 17.7 Å². The first-order valence-electron chi connectivity index (χ1n) is 6.80. The maximum absolute atomic E-state index is 14.0. The number of benzene rings is 1. The second-order valence-electron chi connectivity index (χ2n) is 5.27. The summed E-state index contributed by atoms with van der Waals surface area (Å²) in [5.74, 6) is 0.0555. The Morgan fingerprint density at radius 3 is 2.56 bits per heavy atom. The van der Waals surface area contributed by atoms with Gasteiger partial charge in [0.15, 0.2) is 0 Å². The molecular formula is C15H21F2N. The molecule has 1 aromatic rings. The Morgan fingerprint density at radius 2 is 2.00 bits per heavy atom. The standard InChI is InChI=1S/C15H21F2N/c1-3-18-15(8-11-5-4-6-11)12-9-13(16)10(2)7-14(12)17/h7,9,11,15,18H,3-6,8H2,1-2H3. The van der Waals surface area contributed by atoms with E-state index in [1.807, 2.05) is 6.92 Å². The highest BCUT2D eigenvalue weighted by Crippen LogP contribution is 2.35. The van der Waals surface area contributed by atoms with Crippen LogP contribution in [0.15, 0.2) is 12.1 Å². The first kappa shape index (κ1) is 13.5. The van der Waals surface area contributed by atoms with E-state index in [2.05, 4.69) is 5.32 Å². The monoisotopic (exact) mass is 253 g/mol. The molecule has 1 aliphatic carbocycles. The Morgan fingerprint density at radius 1 is 1.28 bits per heavy atom. The lowest BCUT2D eigenvalue weighted by Crippen LogP contribution is -2.26. The Hall–Kier alpha value is -0.960. The van der Waals surface area contributed by atoms with Gasteiger partial charge in [0.2, 0.25) is 0 Å². The highest BCUT2D eigenvalue weighted by atomic mass is 19.1. The Bertz CT molecular complexity index is 413. The number of aryl methyl sites for hydroxylation is 1. The molecule has 0 amide bonds. The summed E-state index contributed by atoms with van der Waals surface area (Å²) >= 11 is 0. The fraction of sp³-hybridized carbons (Fsp3) is 0.600. The van der Waals surface area contributed by atoms with Crippen molar-refractivity contribution in [3.05, 3.63) is 34.9 Å². The molecule has 0 aliphatic heterocycles. The zero-order valence-corrected chi connectivity index (χ0v) is 11.1. The zero-order valence-electron chi connectivity index (χ0n) is 11.1. The van der Waals surface area contributed by atoms with Crippen LogP contribution in [0.2, 0.25) is 0 Å². The molecule has 1 saturated carbocycles. The quantitative estimate of drug-likeness (QED) is 0.832. The van der Waals surface area contributed by atoms with Crippen LogP contribution in [0.3, 0.4) is 0 Å². The van der Waals surface area contributed by atoms with E-state index in [9.17, 15) is 8.78 Å². The molecule has 3 heteroatoms. The van der Waals surface area contributed by atoms with E-state index in [0.717, 1.165) is 13.0 Å². The maximum Gasteiger partial charge on any atom is 0.128 e. The van der Waals surface area contributed by atoms with E-state index in [1.165, 1.54) is 31.4 Å². The molecule has 1 N–H and O–H groups in total. The molecule has 0 spiro atoms. The lowest BCUT2D eigenvalue weighted by atomic mass is 9.79. The number of rotatable bonds is 5. The van der Waals surface area contributed by atoms with Gasteiger partial charge >= 0.3 is 0 Å². The summed E-state index contributed by atoms with van der Waals surface area (Å²) in [6.45, 7) is 4.36. The van der Waals surface area contributed by atoms with Crippen molar-refractivity contribution in [2.45, 2.75) is 45.6 Å². The topological polar surface area (TPSA) is 12.0 Å². The fourth-order valence-corrected chi connectivity index (χ4v) is 2.56. The molecule has 0 aromatic heterocycles. The van der Waals surface area contributed by atoms with E-state index < -0.39 is 0 Å². The minimum atomic E-state index is -0.317. The average molecular weight is 253 g/mol. The third-order valence-electron chi connectivity index (χ3n) is 3.90. The molecule has 1 fully saturated rings. The molecule has 0 radical (unpaired) electrons. The van der Waals surface area contributed by atoms with Gasteiger partial charge in [-0.15, -0.1) is 0 Å². The molecular weight excluding hydrogens is 232 g/mol. The van der Waals surface area contributed by atoms with Crippen LogP contribution in [0.5, 0.6) is 0 Å². The molecule has 0 bridgehead atoms. The van der Waals surface area contributed by atoms with Crippen LogP contribution in [0.25, 0.3) is 0 Å². The first-order valence-corrected chi connectivity index (χ1v) is 6.80. The second-order valence-corrected chi connectivity index (χ2v) is 5.27. The SMILES string of the molecule is CCNC(CC1CCC1)c1cc(F)c(C)cc1F. The van der Waals surface area contributed by atoms with Crippen LogP contribution >= 0.6 is 0 Å². The molecule has 1 nitrogen and oxygen atoms in total. The van der Waals surface area contributed by atoms with Crippen LogP contribution in [-0.2, 0) is 0 Å². The summed E-state index contributed by atoms with van der Waals surface area (Å²) in [4.78, 5) is 0. The minimum absolute atomic E-state index is 0.0598. The summed E-state index contributed by atoms with van der Waals surface area (Å²) in [6.07, 6.45) is 4.62. The first-order chi connectivity index (χ1) is 8.61. The number of hydrogen-bond acceptors (Lipinski definition) is 1. The summed E-state index contributed by atoms with van der Waals surface area (Å²) in [5.41, 5.74) is 0.849. The third kappa shape index (κ3) is 2.89. The predicted octanol–water partition coefficient (Wildman–Crippen LogP) is 4.11. The van der Waals surface area contributed by atoms with E-state index in [1.54, 1.807) is 6.92 Å². The molecule has 2 rings (SSSR count). The van der Waals surface area contributed by atoms with Crippen molar-refractivity contribution in [2.75, 3.05) is 6.54 Å². The van der Waals surface area contributed by atoms with Crippen molar-refractivity contribution >= 4 is 0 Å². The van der Waals surface area contributed by atoms with Crippen LogP contribution in [0.1, 0.15) is 49.8 Å². The molecule has 1 aliphatic rings. The van der Waals surface area contributed by atoms with Gasteiger partial charge in [0.25, 0.3) is 0 Å². The number of halogens is 2. The predicted molar refractivity (Wildman–Crippen MR) is 69.5 cm³/mol. The van der Waals surface area contributed by atoms with Crippen molar-refractivity contribution in [2.24, 2.45) is 5.92 Å². The van der Waals surface area contributed by atoms with Gasteiger partial charge in [-0.05, 0) is 43.5 Å². The van der Waals surface area contributed by atoms with Gasteiger partial charge in [-0.3, -0.25) is 0 Å². The van der Waals surface area contributed by atoms with Crippen molar-refractivity contribution < 1.29 is 8.78 Å². The highest BCUT2D eigenvalue weighted by Gasteiger charge is 2.24. The molecule has 100 valence electrons. The van der Waals surface area contributed by atoms with Gasteiger partial charge in [-0.2, -0.15) is 0 Å². The van der Waals surface area contributed by atoms with E-state index in [0.29, 0.717) is 17.0 Å². The third-order valence-corrected chi connectivity index (χ3v) is 3.90. The zero-order chi connectivity index (χ0) is 13.1. The maximum atomic E-state index is 14.0. The highest BCUT2D eigenvalue weighted by molar-refractivity contribution is 5.27. The second kappa shape index (κ2) is 5.79. The van der Waals surface area contributed by atoms with Crippen LogP contribution in [-0.4, -0.2) is 6.54 Å². The largest absolute Gasteiger partial charge is 0.310 e. The van der Waals surface area contributed by atoms with Gasteiger partial charge < -0.3 is 5.32 Å². The van der Waals surface area contributed by atoms with Crippen molar-refractivity contribution in [3.63, 3.8) is 0 Å². The Balaban J connectivity index is 2.20. The summed E-state index contributed by atoms with van der Waals surface area (Å²) in [5, 5.41) is 3.28. The van der Waals surface area contributed by atoms with Gasteiger partial charge in [-0.25, -0.2) is 8.78 Å².